The molecule has 0 unspecified atom stereocenters. The number of benzene rings is 1. The molecule has 0 spiro atoms. The zero-order valence-electron chi connectivity index (χ0n) is 17.5. The summed E-state index contributed by atoms with van der Waals surface area (Å²) in [6.45, 7) is 6.34. The number of sulfonamides is 1. The SMILES string of the molecule is CC(C)[C@H](NC(=O)[C@H]1CCCC[C@@H]1C)C(=O)NCCc1ccc(S(N)(=O)=O)cc1. The van der Waals surface area contributed by atoms with Gasteiger partial charge >= 0.3 is 0 Å². The van der Waals surface area contributed by atoms with E-state index >= 15 is 0 Å². The second kappa shape index (κ2) is 10.2. The normalized spacial score (nSPS) is 20.9. The van der Waals surface area contributed by atoms with Crippen LogP contribution in [0.5, 0.6) is 0 Å². The standard InChI is InChI=1S/C21H33N3O4S/c1-14(2)19(24-20(25)18-7-5-4-6-15(18)3)21(26)23-13-12-16-8-10-17(11-9-16)29(22,27)28/h8-11,14-15,18-19H,4-7,12-13H2,1-3H3,(H,23,26)(H,24,25)(H2,22,27,28)/t15-,18-,19-/m0/s1. The molecular formula is C21H33N3O4S. The van der Waals surface area contributed by atoms with Crippen molar-refractivity contribution < 1.29 is 18.0 Å². The van der Waals surface area contributed by atoms with Crippen LogP contribution in [0.4, 0.5) is 0 Å². The van der Waals surface area contributed by atoms with E-state index in [9.17, 15) is 18.0 Å². The van der Waals surface area contributed by atoms with Crippen molar-refractivity contribution in [1.82, 2.24) is 10.6 Å². The molecule has 29 heavy (non-hydrogen) atoms. The van der Waals surface area contributed by atoms with Crippen molar-refractivity contribution >= 4 is 21.8 Å². The molecule has 0 heterocycles. The summed E-state index contributed by atoms with van der Waals surface area (Å²) >= 11 is 0. The van der Waals surface area contributed by atoms with E-state index in [0.29, 0.717) is 18.9 Å². The van der Waals surface area contributed by atoms with Crippen molar-refractivity contribution in [3.8, 4) is 0 Å². The minimum atomic E-state index is -3.71. The van der Waals surface area contributed by atoms with Crippen LogP contribution in [0.3, 0.4) is 0 Å². The van der Waals surface area contributed by atoms with Crippen molar-refractivity contribution in [2.24, 2.45) is 22.9 Å². The molecule has 0 radical (unpaired) electrons. The smallest absolute Gasteiger partial charge is 0.242 e. The van der Waals surface area contributed by atoms with Crippen LogP contribution in [0.25, 0.3) is 0 Å². The van der Waals surface area contributed by atoms with Gasteiger partial charge in [-0.3, -0.25) is 9.59 Å². The Morgan fingerprint density at radius 2 is 1.76 bits per heavy atom. The fourth-order valence-corrected chi connectivity index (χ4v) is 4.30. The van der Waals surface area contributed by atoms with E-state index in [-0.39, 0.29) is 28.5 Å². The number of rotatable bonds is 8. The molecule has 1 aromatic carbocycles. The van der Waals surface area contributed by atoms with Gasteiger partial charge in [-0.2, -0.15) is 0 Å². The highest BCUT2D eigenvalue weighted by atomic mass is 32.2. The summed E-state index contributed by atoms with van der Waals surface area (Å²) in [7, 11) is -3.71. The van der Waals surface area contributed by atoms with Crippen LogP contribution >= 0.6 is 0 Å². The Balaban J connectivity index is 1.88. The first-order valence-electron chi connectivity index (χ1n) is 10.3. The Morgan fingerprint density at radius 3 is 2.31 bits per heavy atom. The summed E-state index contributed by atoms with van der Waals surface area (Å²) in [5.74, 6) is 0.0876. The van der Waals surface area contributed by atoms with Gasteiger partial charge in [0.15, 0.2) is 0 Å². The third-order valence-electron chi connectivity index (χ3n) is 5.66. The maximum atomic E-state index is 12.7. The Labute approximate surface area is 173 Å². The highest BCUT2D eigenvalue weighted by Crippen LogP contribution is 2.29. The minimum Gasteiger partial charge on any atom is -0.354 e. The van der Waals surface area contributed by atoms with Gasteiger partial charge in [-0.25, -0.2) is 13.6 Å². The Hall–Kier alpha value is -1.93. The van der Waals surface area contributed by atoms with Gasteiger partial charge in [0.05, 0.1) is 4.90 Å². The average Bonchev–Trinajstić information content (AvgIpc) is 2.65. The van der Waals surface area contributed by atoms with Crippen molar-refractivity contribution in [2.45, 2.75) is 63.8 Å². The van der Waals surface area contributed by atoms with E-state index in [1.165, 1.54) is 12.1 Å². The molecule has 4 N–H and O–H groups in total. The first-order valence-corrected chi connectivity index (χ1v) is 11.8. The van der Waals surface area contributed by atoms with Crippen molar-refractivity contribution in [3.63, 3.8) is 0 Å². The number of primary sulfonamides is 1. The van der Waals surface area contributed by atoms with Crippen molar-refractivity contribution in [3.05, 3.63) is 29.8 Å². The summed E-state index contributed by atoms with van der Waals surface area (Å²) in [6.07, 6.45) is 4.71. The largest absolute Gasteiger partial charge is 0.354 e. The van der Waals surface area contributed by atoms with Gasteiger partial charge in [0.1, 0.15) is 6.04 Å². The zero-order chi connectivity index (χ0) is 21.6. The average molecular weight is 424 g/mol. The van der Waals surface area contributed by atoms with E-state index in [4.69, 9.17) is 5.14 Å². The number of nitrogens with one attached hydrogen (secondary N) is 2. The van der Waals surface area contributed by atoms with E-state index in [1.54, 1.807) is 12.1 Å². The van der Waals surface area contributed by atoms with Crippen LogP contribution in [-0.4, -0.2) is 32.8 Å². The lowest BCUT2D eigenvalue weighted by Crippen LogP contribution is -2.52. The fourth-order valence-electron chi connectivity index (χ4n) is 3.79. The number of hydrogen-bond acceptors (Lipinski definition) is 4. The van der Waals surface area contributed by atoms with E-state index < -0.39 is 16.1 Å². The van der Waals surface area contributed by atoms with Gasteiger partial charge in [-0.1, -0.05) is 45.7 Å². The molecule has 2 amide bonds. The predicted molar refractivity (Wildman–Crippen MR) is 112 cm³/mol. The van der Waals surface area contributed by atoms with Crippen LogP contribution in [0.1, 0.15) is 52.0 Å². The van der Waals surface area contributed by atoms with E-state index in [0.717, 1.165) is 31.2 Å². The highest BCUT2D eigenvalue weighted by molar-refractivity contribution is 7.89. The van der Waals surface area contributed by atoms with Crippen LogP contribution in [0, 0.1) is 17.8 Å². The molecule has 2 rings (SSSR count). The summed E-state index contributed by atoms with van der Waals surface area (Å²) in [4.78, 5) is 25.4. The predicted octanol–water partition coefficient (Wildman–Crippen LogP) is 1.96. The van der Waals surface area contributed by atoms with Crippen LogP contribution in [-0.2, 0) is 26.0 Å². The number of carbonyl (C=O) groups is 2. The Kier molecular flexibility index (Phi) is 8.22. The minimum absolute atomic E-state index is 0.0184. The maximum absolute atomic E-state index is 12.7. The van der Waals surface area contributed by atoms with E-state index in [2.05, 4.69) is 17.6 Å². The lowest BCUT2D eigenvalue weighted by atomic mass is 9.79. The summed E-state index contributed by atoms with van der Waals surface area (Å²) in [6, 6.07) is 5.70. The fraction of sp³-hybridized carbons (Fsp3) is 0.619. The maximum Gasteiger partial charge on any atom is 0.242 e. The number of carbonyl (C=O) groups excluding carboxylic acids is 2. The quantitative estimate of drug-likeness (QED) is 0.592. The van der Waals surface area contributed by atoms with Gasteiger partial charge in [0.25, 0.3) is 0 Å². The molecular weight excluding hydrogens is 390 g/mol. The van der Waals surface area contributed by atoms with Crippen LogP contribution in [0.2, 0.25) is 0 Å². The van der Waals surface area contributed by atoms with Gasteiger partial charge in [-0.05, 0) is 48.8 Å². The molecule has 0 bridgehead atoms. The van der Waals surface area contributed by atoms with Crippen LogP contribution < -0.4 is 15.8 Å². The number of nitrogens with two attached hydrogens (primary N) is 1. The molecule has 0 aliphatic heterocycles. The molecule has 0 aromatic heterocycles. The number of hydrogen-bond donors (Lipinski definition) is 3. The monoisotopic (exact) mass is 423 g/mol. The topological polar surface area (TPSA) is 118 Å². The molecule has 1 aromatic rings. The Morgan fingerprint density at radius 1 is 1.14 bits per heavy atom. The lowest BCUT2D eigenvalue weighted by Gasteiger charge is -2.30. The molecule has 1 aliphatic carbocycles. The first-order chi connectivity index (χ1) is 13.6. The van der Waals surface area contributed by atoms with Crippen molar-refractivity contribution in [1.29, 1.82) is 0 Å². The molecule has 8 heteroatoms. The van der Waals surface area contributed by atoms with Crippen LogP contribution in [0.15, 0.2) is 29.2 Å². The molecule has 1 fully saturated rings. The zero-order valence-corrected chi connectivity index (χ0v) is 18.3. The Bertz CT molecular complexity index is 806. The molecule has 7 nitrogen and oxygen atoms in total. The molecule has 0 saturated heterocycles. The van der Waals surface area contributed by atoms with Gasteiger partial charge in [0, 0.05) is 12.5 Å². The highest BCUT2D eigenvalue weighted by Gasteiger charge is 2.31. The second-order valence-electron chi connectivity index (χ2n) is 8.33. The molecule has 1 saturated carbocycles. The van der Waals surface area contributed by atoms with E-state index in [1.807, 2.05) is 13.8 Å². The van der Waals surface area contributed by atoms with Crippen molar-refractivity contribution in [2.75, 3.05) is 6.54 Å². The first kappa shape index (κ1) is 23.3. The second-order valence-corrected chi connectivity index (χ2v) is 9.89. The molecule has 3 atom stereocenters. The number of amides is 2. The van der Waals surface area contributed by atoms with Gasteiger partial charge < -0.3 is 10.6 Å². The summed E-state index contributed by atoms with van der Waals surface area (Å²) in [5.41, 5.74) is 0.888. The molecule has 1 aliphatic rings. The van der Waals surface area contributed by atoms with Gasteiger partial charge in [-0.15, -0.1) is 0 Å². The van der Waals surface area contributed by atoms with Gasteiger partial charge in [0.2, 0.25) is 21.8 Å². The molecule has 162 valence electrons. The third-order valence-corrected chi connectivity index (χ3v) is 6.59. The summed E-state index contributed by atoms with van der Waals surface area (Å²) in [5, 5.41) is 10.9. The lowest BCUT2D eigenvalue weighted by molar-refractivity contribution is -0.133. The third kappa shape index (κ3) is 6.82. The summed E-state index contributed by atoms with van der Waals surface area (Å²) < 4.78 is 22.6.